The van der Waals surface area contributed by atoms with Gasteiger partial charge in [-0.3, -0.25) is 4.79 Å². The molecule has 5 nitrogen and oxygen atoms in total. The van der Waals surface area contributed by atoms with Gasteiger partial charge in [-0.15, -0.1) is 0 Å². The van der Waals surface area contributed by atoms with Crippen LogP contribution in [-0.2, 0) is 14.3 Å². The standard InChI is InChI=1S/C14H24N2O3/c1-2-19-14(18)12-7-3-4-9-16(12)13(17)11-6-5-8-15-10-11/h11-12,15H,2-10H2,1H3. The summed E-state index contributed by atoms with van der Waals surface area (Å²) < 4.78 is 5.10. The molecule has 108 valence electrons. The second-order valence-corrected chi connectivity index (χ2v) is 5.34. The van der Waals surface area contributed by atoms with Crippen molar-refractivity contribution in [2.24, 2.45) is 5.92 Å². The van der Waals surface area contributed by atoms with Crippen molar-refractivity contribution in [1.82, 2.24) is 10.2 Å². The number of hydrogen-bond acceptors (Lipinski definition) is 4. The third-order valence-electron chi connectivity index (χ3n) is 3.99. The van der Waals surface area contributed by atoms with Gasteiger partial charge in [0.05, 0.1) is 12.5 Å². The molecule has 2 saturated heterocycles. The number of nitrogens with one attached hydrogen (secondary N) is 1. The number of esters is 1. The summed E-state index contributed by atoms with van der Waals surface area (Å²) in [6, 6.07) is -0.358. The maximum Gasteiger partial charge on any atom is 0.328 e. The molecule has 2 aliphatic heterocycles. The lowest BCUT2D eigenvalue weighted by Crippen LogP contribution is -2.52. The summed E-state index contributed by atoms with van der Waals surface area (Å²) in [4.78, 5) is 26.3. The van der Waals surface area contributed by atoms with E-state index in [0.717, 1.165) is 45.2 Å². The van der Waals surface area contributed by atoms with Crippen molar-refractivity contribution >= 4 is 11.9 Å². The van der Waals surface area contributed by atoms with E-state index in [1.807, 2.05) is 0 Å². The van der Waals surface area contributed by atoms with Crippen LogP contribution >= 0.6 is 0 Å². The zero-order valence-corrected chi connectivity index (χ0v) is 11.7. The lowest BCUT2D eigenvalue weighted by atomic mass is 9.94. The summed E-state index contributed by atoms with van der Waals surface area (Å²) in [7, 11) is 0. The number of carbonyl (C=O) groups is 2. The smallest absolute Gasteiger partial charge is 0.328 e. The zero-order chi connectivity index (χ0) is 13.7. The average molecular weight is 268 g/mol. The van der Waals surface area contributed by atoms with Crippen LogP contribution in [0.4, 0.5) is 0 Å². The van der Waals surface area contributed by atoms with Gasteiger partial charge < -0.3 is 15.0 Å². The van der Waals surface area contributed by atoms with Crippen molar-refractivity contribution in [1.29, 1.82) is 0 Å². The van der Waals surface area contributed by atoms with Gasteiger partial charge in [0.25, 0.3) is 0 Å². The Morgan fingerprint density at radius 1 is 1.26 bits per heavy atom. The van der Waals surface area contributed by atoms with Gasteiger partial charge in [0.2, 0.25) is 5.91 Å². The van der Waals surface area contributed by atoms with Gasteiger partial charge in [-0.25, -0.2) is 4.79 Å². The number of rotatable bonds is 3. The Bertz CT molecular complexity index is 327. The molecule has 2 fully saturated rings. The van der Waals surface area contributed by atoms with Gasteiger partial charge in [-0.1, -0.05) is 0 Å². The van der Waals surface area contributed by atoms with Crippen LogP contribution < -0.4 is 5.32 Å². The van der Waals surface area contributed by atoms with E-state index in [1.54, 1.807) is 11.8 Å². The summed E-state index contributed by atoms with van der Waals surface area (Å²) in [6.07, 6.45) is 4.69. The zero-order valence-electron chi connectivity index (χ0n) is 11.7. The summed E-state index contributed by atoms with van der Waals surface area (Å²) in [6.45, 7) is 4.61. The minimum atomic E-state index is -0.358. The van der Waals surface area contributed by atoms with Crippen LogP contribution in [0, 0.1) is 5.92 Å². The quantitative estimate of drug-likeness (QED) is 0.774. The molecule has 2 aliphatic rings. The van der Waals surface area contributed by atoms with Gasteiger partial charge >= 0.3 is 5.97 Å². The number of ether oxygens (including phenoxy) is 1. The fourth-order valence-electron chi connectivity index (χ4n) is 2.98. The first-order chi connectivity index (χ1) is 9.24. The number of likely N-dealkylation sites (tertiary alicyclic amines) is 1. The van der Waals surface area contributed by atoms with Gasteiger partial charge in [-0.05, 0) is 45.6 Å². The van der Waals surface area contributed by atoms with Crippen molar-refractivity contribution in [3.63, 3.8) is 0 Å². The minimum Gasteiger partial charge on any atom is -0.464 e. The summed E-state index contributed by atoms with van der Waals surface area (Å²) in [5, 5.41) is 3.26. The van der Waals surface area contributed by atoms with Gasteiger partial charge in [0.15, 0.2) is 0 Å². The van der Waals surface area contributed by atoms with E-state index in [9.17, 15) is 9.59 Å². The second-order valence-electron chi connectivity index (χ2n) is 5.34. The van der Waals surface area contributed by atoms with Crippen LogP contribution in [0.25, 0.3) is 0 Å². The van der Waals surface area contributed by atoms with Crippen LogP contribution in [0.2, 0.25) is 0 Å². The highest BCUT2D eigenvalue weighted by Crippen LogP contribution is 2.23. The number of amides is 1. The minimum absolute atomic E-state index is 0.0313. The molecule has 0 aromatic rings. The molecule has 2 unspecified atom stereocenters. The largest absolute Gasteiger partial charge is 0.464 e. The van der Waals surface area contributed by atoms with E-state index in [4.69, 9.17) is 4.74 Å². The molecule has 0 bridgehead atoms. The summed E-state index contributed by atoms with van der Waals surface area (Å²) >= 11 is 0. The Hall–Kier alpha value is -1.10. The van der Waals surface area contributed by atoms with E-state index >= 15 is 0 Å². The molecule has 0 aliphatic carbocycles. The molecule has 0 spiro atoms. The van der Waals surface area contributed by atoms with Gasteiger partial charge in [-0.2, -0.15) is 0 Å². The Balaban J connectivity index is 2.01. The van der Waals surface area contributed by atoms with Gasteiger partial charge in [0, 0.05) is 13.1 Å². The molecule has 0 aromatic carbocycles. The molecule has 0 aromatic heterocycles. The maximum atomic E-state index is 12.6. The van der Waals surface area contributed by atoms with Crippen LogP contribution in [-0.4, -0.2) is 49.1 Å². The Morgan fingerprint density at radius 3 is 2.79 bits per heavy atom. The molecular weight excluding hydrogens is 244 g/mol. The van der Waals surface area contributed by atoms with Crippen molar-refractivity contribution in [2.75, 3.05) is 26.2 Å². The number of piperidine rings is 2. The van der Waals surface area contributed by atoms with E-state index in [1.165, 1.54) is 0 Å². The van der Waals surface area contributed by atoms with Crippen molar-refractivity contribution < 1.29 is 14.3 Å². The highest BCUT2D eigenvalue weighted by Gasteiger charge is 2.36. The molecule has 19 heavy (non-hydrogen) atoms. The number of carbonyl (C=O) groups excluding carboxylic acids is 2. The molecule has 1 N–H and O–H groups in total. The van der Waals surface area contributed by atoms with Crippen molar-refractivity contribution in [3.8, 4) is 0 Å². The molecule has 2 rings (SSSR count). The average Bonchev–Trinajstić information content (AvgIpc) is 2.47. The first-order valence-corrected chi connectivity index (χ1v) is 7.42. The molecule has 2 heterocycles. The van der Waals surface area contributed by atoms with Crippen molar-refractivity contribution in [2.45, 2.75) is 45.1 Å². The van der Waals surface area contributed by atoms with E-state index < -0.39 is 0 Å². The van der Waals surface area contributed by atoms with Crippen LogP contribution in [0.3, 0.4) is 0 Å². The molecule has 5 heteroatoms. The lowest BCUT2D eigenvalue weighted by Gasteiger charge is -2.37. The fourth-order valence-corrected chi connectivity index (χ4v) is 2.98. The predicted molar refractivity (Wildman–Crippen MR) is 71.6 cm³/mol. The Kier molecular flexibility index (Phi) is 5.19. The van der Waals surface area contributed by atoms with Crippen LogP contribution in [0.1, 0.15) is 39.0 Å². The second kappa shape index (κ2) is 6.89. The topological polar surface area (TPSA) is 58.6 Å². The highest BCUT2D eigenvalue weighted by molar-refractivity contribution is 5.86. The molecule has 2 atom stereocenters. The van der Waals surface area contributed by atoms with E-state index in [2.05, 4.69) is 5.32 Å². The molecule has 0 saturated carbocycles. The van der Waals surface area contributed by atoms with Crippen molar-refractivity contribution in [3.05, 3.63) is 0 Å². The van der Waals surface area contributed by atoms with Crippen LogP contribution in [0.15, 0.2) is 0 Å². The fraction of sp³-hybridized carbons (Fsp3) is 0.857. The van der Waals surface area contributed by atoms with E-state index in [0.29, 0.717) is 13.2 Å². The molecule has 0 radical (unpaired) electrons. The number of hydrogen-bond donors (Lipinski definition) is 1. The molecule has 1 amide bonds. The highest BCUT2D eigenvalue weighted by atomic mass is 16.5. The SMILES string of the molecule is CCOC(=O)C1CCCCN1C(=O)C1CCCNC1. The Labute approximate surface area is 114 Å². The third kappa shape index (κ3) is 3.47. The first kappa shape index (κ1) is 14.3. The predicted octanol–water partition coefficient (Wildman–Crippen LogP) is 0.930. The normalized spacial score (nSPS) is 27.9. The van der Waals surface area contributed by atoms with E-state index in [-0.39, 0.29) is 23.8 Å². The first-order valence-electron chi connectivity index (χ1n) is 7.42. The Morgan fingerprint density at radius 2 is 2.11 bits per heavy atom. The van der Waals surface area contributed by atoms with Gasteiger partial charge in [0.1, 0.15) is 6.04 Å². The lowest BCUT2D eigenvalue weighted by molar-refractivity contribution is -0.158. The molecular formula is C14H24N2O3. The number of nitrogens with zero attached hydrogens (tertiary/aromatic N) is 1. The maximum absolute atomic E-state index is 12.6. The van der Waals surface area contributed by atoms with Crippen LogP contribution in [0.5, 0.6) is 0 Å². The third-order valence-corrected chi connectivity index (χ3v) is 3.99. The summed E-state index contributed by atoms with van der Waals surface area (Å²) in [5.41, 5.74) is 0. The summed E-state index contributed by atoms with van der Waals surface area (Å²) in [5.74, 6) is -0.0759. The monoisotopic (exact) mass is 268 g/mol.